The highest BCUT2D eigenvalue weighted by Gasteiger charge is 2.07. The van der Waals surface area contributed by atoms with Gasteiger partial charge in [0, 0.05) is 27.2 Å². The molecule has 0 aliphatic carbocycles. The van der Waals surface area contributed by atoms with Crippen LogP contribution >= 0.6 is 24.0 Å². The molecule has 6 nitrogen and oxygen atoms in total. The summed E-state index contributed by atoms with van der Waals surface area (Å²) < 4.78 is 5.27. The fraction of sp³-hybridized carbons (Fsp3) is 0.364. The second-order valence-electron chi connectivity index (χ2n) is 6.65. The summed E-state index contributed by atoms with van der Waals surface area (Å²) in [6, 6.07) is 16.4. The molecular weight excluding hydrogens is 479 g/mol. The molecule has 0 heterocycles. The summed E-state index contributed by atoms with van der Waals surface area (Å²) in [5.41, 5.74) is 8.85. The lowest BCUT2D eigenvalue weighted by atomic mass is 10.1. The van der Waals surface area contributed by atoms with E-state index in [9.17, 15) is 4.79 Å². The molecule has 2 rings (SSSR count). The Kier molecular flexibility index (Phi) is 11.1. The number of carbonyl (C=O) groups is 1. The number of guanidine groups is 1. The van der Waals surface area contributed by atoms with Gasteiger partial charge in [-0.1, -0.05) is 43.3 Å². The van der Waals surface area contributed by atoms with Crippen LogP contribution in [0.2, 0.25) is 0 Å². The van der Waals surface area contributed by atoms with E-state index in [2.05, 4.69) is 46.4 Å². The van der Waals surface area contributed by atoms with Gasteiger partial charge in [-0.05, 0) is 41.7 Å². The molecule has 0 unspecified atom stereocenters. The van der Waals surface area contributed by atoms with Gasteiger partial charge in [-0.2, -0.15) is 0 Å². The number of nitrogens with two attached hydrogens (primary N) is 1. The first-order chi connectivity index (χ1) is 13.5. The molecular formula is C22H31IN4O2. The van der Waals surface area contributed by atoms with Crippen LogP contribution in [0.25, 0.3) is 0 Å². The van der Waals surface area contributed by atoms with E-state index in [0.717, 1.165) is 31.9 Å². The minimum absolute atomic E-state index is 0. The van der Waals surface area contributed by atoms with Crippen molar-refractivity contribution in [1.82, 2.24) is 10.2 Å². The van der Waals surface area contributed by atoms with Crippen molar-refractivity contribution in [3.8, 4) is 5.75 Å². The lowest BCUT2D eigenvalue weighted by molar-refractivity contribution is -0.119. The third kappa shape index (κ3) is 8.72. The summed E-state index contributed by atoms with van der Waals surface area (Å²) in [6.07, 6.45) is 1.91. The average molecular weight is 510 g/mol. The molecule has 0 spiro atoms. The van der Waals surface area contributed by atoms with Crippen LogP contribution < -0.4 is 15.8 Å². The number of rotatable bonds is 9. The molecule has 0 bridgehead atoms. The highest BCUT2D eigenvalue weighted by Crippen LogP contribution is 2.12. The summed E-state index contributed by atoms with van der Waals surface area (Å²) in [5.74, 6) is 1.02. The summed E-state index contributed by atoms with van der Waals surface area (Å²) >= 11 is 0. The van der Waals surface area contributed by atoms with E-state index in [0.29, 0.717) is 5.75 Å². The van der Waals surface area contributed by atoms with E-state index in [-0.39, 0.29) is 30.6 Å². The minimum atomic E-state index is -0.481. The van der Waals surface area contributed by atoms with Gasteiger partial charge in [0.2, 0.25) is 0 Å². The Morgan fingerprint density at radius 1 is 1.07 bits per heavy atom. The van der Waals surface area contributed by atoms with Crippen molar-refractivity contribution in [2.24, 2.45) is 10.7 Å². The fourth-order valence-corrected chi connectivity index (χ4v) is 2.84. The first kappa shape index (κ1) is 24.7. The van der Waals surface area contributed by atoms with Crippen molar-refractivity contribution in [2.75, 3.05) is 27.2 Å². The number of nitrogens with zero attached hydrogens (tertiary/aromatic N) is 2. The maximum Gasteiger partial charge on any atom is 0.255 e. The molecule has 29 heavy (non-hydrogen) atoms. The van der Waals surface area contributed by atoms with Crippen LogP contribution in [-0.4, -0.2) is 44.0 Å². The molecule has 3 N–H and O–H groups in total. The van der Waals surface area contributed by atoms with Gasteiger partial charge in [-0.15, -0.1) is 24.0 Å². The van der Waals surface area contributed by atoms with Gasteiger partial charge < -0.3 is 20.7 Å². The molecule has 0 saturated carbocycles. The number of aryl methyl sites for hydroxylation is 1. The third-order valence-electron chi connectivity index (χ3n) is 4.43. The predicted molar refractivity (Wildman–Crippen MR) is 129 cm³/mol. The number of ether oxygens (including phenoxy) is 1. The van der Waals surface area contributed by atoms with Crippen molar-refractivity contribution in [3.05, 3.63) is 65.2 Å². The summed E-state index contributed by atoms with van der Waals surface area (Å²) in [6.45, 7) is 3.63. The molecule has 7 heteroatoms. The van der Waals surface area contributed by atoms with Crippen LogP contribution in [0, 0.1) is 0 Å². The zero-order valence-corrected chi connectivity index (χ0v) is 19.7. The van der Waals surface area contributed by atoms with E-state index >= 15 is 0 Å². The largest absolute Gasteiger partial charge is 0.484 e. The second-order valence-corrected chi connectivity index (χ2v) is 6.65. The molecule has 0 aliphatic rings. The topological polar surface area (TPSA) is 79.9 Å². The lowest BCUT2D eigenvalue weighted by Gasteiger charge is -2.22. The zero-order valence-electron chi connectivity index (χ0n) is 17.4. The Balaban J connectivity index is 0.00000420. The molecule has 2 aromatic rings. The van der Waals surface area contributed by atoms with Crippen LogP contribution in [0.1, 0.15) is 23.6 Å². The number of primary amides is 1. The summed E-state index contributed by atoms with van der Waals surface area (Å²) in [4.78, 5) is 17.2. The zero-order chi connectivity index (χ0) is 20.4. The Morgan fingerprint density at radius 3 is 2.21 bits per heavy atom. The van der Waals surface area contributed by atoms with Gasteiger partial charge in [-0.3, -0.25) is 9.79 Å². The Morgan fingerprint density at radius 2 is 1.66 bits per heavy atom. The molecule has 0 aromatic heterocycles. The molecule has 0 aliphatic heterocycles. The van der Waals surface area contributed by atoms with E-state index in [4.69, 9.17) is 10.5 Å². The number of carbonyl (C=O) groups excluding carboxylic acids is 1. The van der Waals surface area contributed by atoms with Crippen LogP contribution in [0.3, 0.4) is 0 Å². The smallest absolute Gasteiger partial charge is 0.255 e. The molecule has 158 valence electrons. The molecule has 2 aromatic carbocycles. The van der Waals surface area contributed by atoms with Crippen molar-refractivity contribution in [2.45, 2.75) is 26.3 Å². The van der Waals surface area contributed by atoms with Crippen LogP contribution in [-0.2, 0) is 24.2 Å². The van der Waals surface area contributed by atoms with Crippen molar-refractivity contribution >= 4 is 35.8 Å². The highest BCUT2D eigenvalue weighted by atomic mass is 127. The van der Waals surface area contributed by atoms with Gasteiger partial charge in [0.15, 0.2) is 12.6 Å². The Labute approximate surface area is 190 Å². The van der Waals surface area contributed by atoms with Crippen molar-refractivity contribution < 1.29 is 9.53 Å². The number of benzene rings is 2. The van der Waals surface area contributed by atoms with E-state index < -0.39 is 5.91 Å². The normalized spacial score (nSPS) is 10.8. The maximum absolute atomic E-state index is 10.7. The van der Waals surface area contributed by atoms with Crippen LogP contribution in [0.5, 0.6) is 5.75 Å². The number of aliphatic imine (C=N–C) groups is 1. The van der Waals surface area contributed by atoms with Gasteiger partial charge in [0.05, 0.1) is 0 Å². The quantitative estimate of drug-likeness (QED) is 0.309. The van der Waals surface area contributed by atoms with E-state index in [1.165, 1.54) is 16.7 Å². The number of amides is 1. The first-order valence-electron chi connectivity index (χ1n) is 9.51. The Bertz CT molecular complexity index is 776. The number of hydrogen-bond acceptors (Lipinski definition) is 3. The molecule has 0 radical (unpaired) electrons. The van der Waals surface area contributed by atoms with Crippen LogP contribution in [0.4, 0.5) is 0 Å². The summed E-state index contributed by atoms with van der Waals surface area (Å²) in [7, 11) is 3.83. The molecule has 1 amide bonds. The highest BCUT2D eigenvalue weighted by molar-refractivity contribution is 14.0. The second kappa shape index (κ2) is 13.0. The van der Waals surface area contributed by atoms with Crippen molar-refractivity contribution in [1.29, 1.82) is 0 Å². The average Bonchev–Trinajstić information content (AvgIpc) is 2.71. The molecule has 0 fully saturated rings. The van der Waals surface area contributed by atoms with E-state index in [1.54, 1.807) is 7.05 Å². The fourth-order valence-electron chi connectivity index (χ4n) is 2.84. The molecule has 0 atom stereocenters. The molecule has 0 saturated heterocycles. The van der Waals surface area contributed by atoms with Gasteiger partial charge in [0.25, 0.3) is 5.91 Å². The number of hydrogen-bond donors (Lipinski definition) is 2. The monoisotopic (exact) mass is 510 g/mol. The summed E-state index contributed by atoms with van der Waals surface area (Å²) in [5, 5.41) is 3.40. The van der Waals surface area contributed by atoms with Gasteiger partial charge in [-0.25, -0.2) is 0 Å². The SMILES string of the molecule is CCc1ccc(CN(C)C(=NC)NCCc2ccc(OCC(N)=O)cc2)cc1.I. The number of nitrogens with one attached hydrogen (secondary N) is 1. The van der Waals surface area contributed by atoms with Crippen LogP contribution in [0.15, 0.2) is 53.5 Å². The first-order valence-corrected chi connectivity index (χ1v) is 9.51. The Hall–Kier alpha value is -2.29. The number of halogens is 1. The lowest BCUT2D eigenvalue weighted by Crippen LogP contribution is -2.39. The predicted octanol–water partition coefficient (Wildman–Crippen LogP) is 2.98. The van der Waals surface area contributed by atoms with Crippen molar-refractivity contribution in [3.63, 3.8) is 0 Å². The van der Waals surface area contributed by atoms with E-state index in [1.807, 2.05) is 31.3 Å². The third-order valence-corrected chi connectivity index (χ3v) is 4.43. The minimum Gasteiger partial charge on any atom is -0.484 e. The van der Waals surface area contributed by atoms with Gasteiger partial charge in [0.1, 0.15) is 5.75 Å². The maximum atomic E-state index is 10.7. The van der Waals surface area contributed by atoms with Gasteiger partial charge >= 0.3 is 0 Å². The standard InChI is InChI=1S/C22H30N4O2.HI/c1-4-17-5-7-19(8-6-17)15-26(3)22(24-2)25-14-13-18-9-11-20(12-10-18)28-16-21(23)27;/h5-12H,4,13-16H2,1-3H3,(H2,23,27)(H,24,25);1H.